The van der Waals surface area contributed by atoms with Crippen LogP contribution in [0.1, 0.15) is 181 Å². The molecule has 386 valence electrons. The summed E-state index contributed by atoms with van der Waals surface area (Å²) in [5, 5.41) is 13.8. The van der Waals surface area contributed by atoms with Gasteiger partial charge in [0.2, 0.25) is 5.91 Å². The van der Waals surface area contributed by atoms with Crippen molar-refractivity contribution in [2.75, 3.05) is 40.9 Å². The van der Waals surface area contributed by atoms with Gasteiger partial charge in [-0.15, -0.1) is 0 Å². The Balaban J connectivity index is 4.14. The van der Waals surface area contributed by atoms with Gasteiger partial charge in [0, 0.05) is 6.42 Å². The van der Waals surface area contributed by atoms with Gasteiger partial charge in [0.15, 0.2) is 0 Å². The van der Waals surface area contributed by atoms with Crippen LogP contribution in [0.15, 0.2) is 134 Å². The van der Waals surface area contributed by atoms with Gasteiger partial charge in [-0.2, -0.15) is 0 Å². The maximum Gasteiger partial charge on any atom is 0.472 e. The molecule has 0 aromatic heterocycles. The van der Waals surface area contributed by atoms with Crippen LogP contribution >= 0.6 is 7.82 Å². The number of phosphoric acid groups is 1. The Hall–Kier alpha value is -3.36. The van der Waals surface area contributed by atoms with Gasteiger partial charge in [0.05, 0.1) is 39.9 Å². The van der Waals surface area contributed by atoms with Crippen molar-refractivity contribution in [1.29, 1.82) is 0 Å². The molecule has 0 aliphatic rings. The number of hydrogen-bond donors (Lipinski definition) is 3. The third-order valence-electron chi connectivity index (χ3n) is 10.9. The van der Waals surface area contributed by atoms with Gasteiger partial charge in [0.1, 0.15) is 13.2 Å². The third-order valence-corrected chi connectivity index (χ3v) is 11.9. The molecule has 3 atom stereocenters. The predicted octanol–water partition coefficient (Wildman–Crippen LogP) is 16.0. The van der Waals surface area contributed by atoms with Crippen LogP contribution in [0.2, 0.25) is 0 Å². The summed E-state index contributed by atoms with van der Waals surface area (Å²) in [7, 11) is 1.54. The van der Waals surface area contributed by atoms with Crippen molar-refractivity contribution in [3.8, 4) is 0 Å². The molecule has 0 heterocycles. The normalized spacial score (nSPS) is 15.1. The van der Waals surface area contributed by atoms with Crippen LogP contribution in [0.25, 0.3) is 0 Å². The largest absolute Gasteiger partial charge is 0.472 e. The van der Waals surface area contributed by atoms with Crippen LogP contribution in [-0.2, 0) is 18.4 Å². The molecule has 0 aromatic carbocycles. The Bertz CT molecular complexity index is 1560. The Morgan fingerprint density at radius 2 is 0.882 bits per heavy atom. The smallest absolute Gasteiger partial charge is 0.387 e. The van der Waals surface area contributed by atoms with Crippen molar-refractivity contribution >= 4 is 13.7 Å². The number of nitrogens with one attached hydrogen (secondary N) is 1. The van der Waals surface area contributed by atoms with E-state index >= 15 is 0 Å². The van der Waals surface area contributed by atoms with Crippen molar-refractivity contribution in [1.82, 2.24) is 5.32 Å². The number of aliphatic hydroxyl groups is 1. The minimum absolute atomic E-state index is 0.0509. The number of amides is 1. The van der Waals surface area contributed by atoms with Gasteiger partial charge in [-0.25, -0.2) is 4.57 Å². The number of nitrogens with zero attached hydrogens (tertiary/aromatic N) is 1. The van der Waals surface area contributed by atoms with Crippen molar-refractivity contribution < 1.29 is 32.9 Å². The van der Waals surface area contributed by atoms with Crippen LogP contribution in [0, 0.1) is 0 Å². The molecule has 0 bridgehead atoms. The van der Waals surface area contributed by atoms with E-state index in [9.17, 15) is 19.4 Å². The highest BCUT2D eigenvalue weighted by atomic mass is 31.2. The first-order chi connectivity index (χ1) is 33.0. The first kappa shape index (κ1) is 64.6. The summed E-state index contributed by atoms with van der Waals surface area (Å²) < 4.78 is 23.5. The molecule has 3 N–H and O–H groups in total. The molecule has 0 fully saturated rings. The second-order valence-corrected chi connectivity index (χ2v) is 20.0. The maximum atomic E-state index is 12.9. The number of rotatable bonds is 46. The van der Waals surface area contributed by atoms with Crippen LogP contribution in [-0.4, -0.2) is 73.4 Å². The number of aliphatic hydroxyl groups excluding tert-OH is 1. The van der Waals surface area contributed by atoms with E-state index in [1.165, 1.54) is 38.5 Å². The van der Waals surface area contributed by atoms with E-state index in [2.05, 4.69) is 141 Å². The summed E-state index contributed by atoms with van der Waals surface area (Å²) in [5.41, 5.74) is 0. The lowest BCUT2D eigenvalue weighted by Gasteiger charge is -2.25. The summed E-state index contributed by atoms with van der Waals surface area (Å²) in [4.78, 5) is 23.1. The third kappa shape index (κ3) is 50.5. The average Bonchev–Trinajstić information content (AvgIpc) is 3.30. The van der Waals surface area contributed by atoms with Gasteiger partial charge in [0.25, 0.3) is 0 Å². The fourth-order valence-corrected chi connectivity index (χ4v) is 7.45. The van der Waals surface area contributed by atoms with Crippen LogP contribution in [0.3, 0.4) is 0 Å². The van der Waals surface area contributed by atoms with Crippen LogP contribution < -0.4 is 5.32 Å². The van der Waals surface area contributed by atoms with Gasteiger partial charge < -0.3 is 19.8 Å². The molecule has 0 aliphatic heterocycles. The number of allylic oxidation sites excluding steroid dienone is 21. The Labute approximate surface area is 417 Å². The SMILES string of the molecule is CC/C=C\C/C=C\C/C=C\C/C=C\C/C=C\C/C=C\C/C=C\C/C=C\C/C=C\C/C=C\CCCCCCCCC(=O)NC(COP(=O)(O)OCC[N+](C)(C)C)C(O)/C=C/CCCCCCCCC. The monoisotopic (exact) mass is 964 g/mol. The maximum absolute atomic E-state index is 12.9. The zero-order valence-corrected chi connectivity index (χ0v) is 44.7. The lowest BCUT2D eigenvalue weighted by molar-refractivity contribution is -0.870. The van der Waals surface area contributed by atoms with Crippen LogP contribution in [0.4, 0.5) is 0 Å². The lowest BCUT2D eigenvalue weighted by atomic mass is 10.1. The molecular formula is C59H100N2O6P+. The quantitative estimate of drug-likeness (QED) is 0.0243. The van der Waals surface area contributed by atoms with E-state index in [-0.39, 0.29) is 19.1 Å². The Morgan fingerprint density at radius 1 is 0.515 bits per heavy atom. The van der Waals surface area contributed by atoms with E-state index < -0.39 is 20.0 Å². The molecule has 1 amide bonds. The number of likely N-dealkylation sites (N-methyl/N-ethyl adjacent to an activating group) is 1. The molecular weight excluding hydrogens is 864 g/mol. The molecule has 8 nitrogen and oxygen atoms in total. The van der Waals surface area contributed by atoms with E-state index in [0.29, 0.717) is 17.4 Å². The number of carbonyl (C=O) groups is 1. The highest BCUT2D eigenvalue weighted by Crippen LogP contribution is 2.43. The zero-order valence-electron chi connectivity index (χ0n) is 43.8. The molecule has 68 heavy (non-hydrogen) atoms. The number of quaternary nitrogens is 1. The highest BCUT2D eigenvalue weighted by Gasteiger charge is 2.27. The zero-order chi connectivity index (χ0) is 49.9. The van der Waals surface area contributed by atoms with Crippen molar-refractivity contribution in [3.63, 3.8) is 0 Å². The molecule has 3 unspecified atom stereocenters. The van der Waals surface area contributed by atoms with Crippen molar-refractivity contribution in [3.05, 3.63) is 134 Å². The average molecular weight is 964 g/mol. The second-order valence-electron chi connectivity index (χ2n) is 18.5. The van der Waals surface area contributed by atoms with Gasteiger partial charge in [-0.1, -0.05) is 212 Å². The van der Waals surface area contributed by atoms with Crippen molar-refractivity contribution in [2.24, 2.45) is 0 Å². The molecule has 0 radical (unpaired) electrons. The van der Waals surface area contributed by atoms with E-state index in [1.54, 1.807) is 6.08 Å². The summed E-state index contributed by atoms with van der Waals surface area (Å²) in [6.07, 6.45) is 74.1. The van der Waals surface area contributed by atoms with Crippen LogP contribution in [0.5, 0.6) is 0 Å². The molecule has 0 saturated heterocycles. The topological polar surface area (TPSA) is 105 Å². The van der Waals surface area contributed by atoms with E-state index in [0.717, 1.165) is 122 Å². The van der Waals surface area contributed by atoms with Gasteiger partial charge in [-0.3, -0.25) is 13.8 Å². The van der Waals surface area contributed by atoms with Gasteiger partial charge in [-0.05, 0) is 96.3 Å². The summed E-state index contributed by atoms with van der Waals surface area (Å²) in [6.45, 7) is 4.62. The first-order valence-corrected chi connectivity index (χ1v) is 28.1. The summed E-state index contributed by atoms with van der Waals surface area (Å²) >= 11 is 0. The number of carbonyl (C=O) groups excluding carboxylic acids is 1. The Kier molecular flexibility index (Phi) is 46.3. The summed E-state index contributed by atoms with van der Waals surface area (Å²) in [5.74, 6) is -0.201. The Morgan fingerprint density at radius 3 is 1.29 bits per heavy atom. The van der Waals surface area contributed by atoms with Crippen molar-refractivity contribution in [2.45, 2.75) is 193 Å². The minimum atomic E-state index is -4.35. The lowest BCUT2D eigenvalue weighted by Crippen LogP contribution is -2.45. The van der Waals surface area contributed by atoms with E-state index in [4.69, 9.17) is 9.05 Å². The molecule has 0 aromatic rings. The molecule has 0 saturated carbocycles. The molecule has 0 aliphatic carbocycles. The fourth-order valence-electron chi connectivity index (χ4n) is 6.71. The second kappa shape index (κ2) is 48.7. The molecule has 0 rings (SSSR count). The predicted molar refractivity (Wildman–Crippen MR) is 294 cm³/mol. The van der Waals surface area contributed by atoms with Gasteiger partial charge >= 0.3 is 7.82 Å². The standard InChI is InChI=1S/C59H99N2O6P/c1-6-8-10-12-14-16-17-18-19-20-21-22-23-24-25-26-27-28-29-30-31-32-33-34-35-36-37-38-39-40-41-42-43-45-47-49-51-53-59(63)60-57(56-67-68(64,65)66-55-54-61(3,4)5)58(62)52-50-48-46-44-15-13-11-9-7-2/h8,10,14,16,18-19,21-22,24-25,27-28,30-31,33-34,36-37,39-40,50,52,57-58,62H,6-7,9,11-13,15,17,20,23,26,29,32,35,38,41-49,51,53-56H2,1-5H3,(H-,60,63,64,65)/p+1/b10-8-,16-14-,19-18-,22-21-,25-24-,28-27-,31-30-,34-33-,37-36-,40-39-,52-50+. The number of unbranched alkanes of at least 4 members (excludes halogenated alkanes) is 13. The first-order valence-electron chi connectivity index (χ1n) is 26.6. The summed E-state index contributed by atoms with van der Waals surface area (Å²) in [6, 6.07) is -0.862. The number of hydrogen-bond acceptors (Lipinski definition) is 5. The fraction of sp³-hybridized carbons (Fsp3) is 0.610. The minimum Gasteiger partial charge on any atom is -0.387 e. The van der Waals surface area contributed by atoms with E-state index in [1.807, 2.05) is 27.2 Å². The molecule has 9 heteroatoms. The molecule has 0 spiro atoms. The number of phosphoric ester groups is 1. The highest BCUT2D eigenvalue weighted by molar-refractivity contribution is 7.47.